The normalized spacial score (nSPS) is 11.4. The summed E-state index contributed by atoms with van der Waals surface area (Å²) in [5.41, 5.74) is -0.602. The minimum atomic E-state index is -3.99. The van der Waals surface area contributed by atoms with Gasteiger partial charge in [-0.3, -0.25) is 4.79 Å². The lowest BCUT2D eigenvalue weighted by molar-refractivity contribution is 0.0977. The highest BCUT2D eigenvalue weighted by Gasteiger charge is 2.22. The number of nitrogens with one attached hydrogen (secondary N) is 1. The third-order valence-electron chi connectivity index (χ3n) is 4.60. The van der Waals surface area contributed by atoms with Crippen LogP contribution in [0.3, 0.4) is 0 Å². The Bertz CT molecular complexity index is 1380. The van der Waals surface area contributed by atoms with Crippen LogP contribution in [0, 0.1) is 23.4 Å². The number of hydrogen-bond donors (Lipinski definition) is 1. The number of hydrogen-bond acceptors (Lipinski definition) is 7. The van der Waals surface area contributed by atoms with Crippen LogP contribution >= 0.6 is 0 Å². The lowest BCUT2D eigenvalue weighted by atomic mass is 10.00. The molecule has 2 heterocycles. The van der Waals surface area contributed by atoms with Gasteiger partial charge in [-0.1, -0.05) is 13.8 Å². The highest BCUT2D eigenvalue weighted by Crippen LogP contribution is 2.38. The molecule has 1 amide bonds. The number of methoxy groups -OCH3 is 1. The zero-order chi connectivity index (χ0) is 25.9. The zero-order valence-corrected chi connectivity index (χ0v) is 20.0. The van der Waals surface area contributed by atoms with Gasteiger partial charge in [0.25, 0.3) is 5.91 Å². The van der Waals surface area contributed by atoms with Crippen LogP contribution in [-0.2, 0) is 10.0 Å². The molecule has 0 bridgehead atoms. The van der Waals surface area contributed by atoms with Gasteiger partial charge in [0.1, 0.15) is 17.5 Å². The Kier molecular flexibility index (Phi) is 7.64. The summed E-state index contributed by atoms with van der Waals surface area (Å²) in [5, 5.41) is 0. The van der Waals surface area contributed by atoms with Gasteiger partial charge < -0.3 is 9.47 Å². The van der Waals surface area contributed by atoms with Crippen molar-refractivity contribution in [1.29, 1.82) is 0 Å². The van der Waals surface area contributed by atoms with Gasteiger partial charge in [0.05, 0.1) is 42.9 Å². The van der Waals surface area contributed by atoms with E-state index in [-0.39, 0.29) is 46.5 Å². The van der Waals surface area contributed by atoms with Crippen LogP contribution in [0.2, 0.25) is 0 Å². The maximum Gasteiger partial charge on any atom is 0.267 e. The van der Waals surface area contributed by atoms with Crippen LogP contribution in [0.15, 0.2) is 36.7 Å². The van der Waals surface area contributed by atoms with Gasteiger partial charge in [-0.15, -0.1) is 0 Å². The molecule has 1 N–H and O–H groups in total. The highest BCUT2D eigenvalue weighted by atomic mass is 32.2. The summed E-state index contributed by atoms with van der Waals surface area (Å²) in [6.07, 6.45) is 2.90. The molecule has 186 valence electrons. The molecule has 0 radical (unpaired) electrons. The van der Waals surface area contributed by atoms with E-state index in [2.05, 4.69) is 9.97 Å². The van der Waals surface area contributed by atoms with E-state index < -0.39 is 38.9 Å². The molecule has 2 aromatic heterocycles. The van der Waals surface area contributed by atoms with Crippen molar-refractivity contribution in [2.75, 3.05) is 20.0 Å². The first-order chi connectivity index (χ1) is 16.4. The van der Waals surface area contributed by atoms with Gasteiger partial charge in [0.15, 0.2) is 0 Å². The summed E-state index contributed by atoms with van der Waals surface area (Å²) in [6.45, 7) is 4.10. The number of sulfonamides is 1. The number of carbonyl (C=O) groups excluding carboxylic acids is 1. The number of halogens is 3. The van der Waals surface area contributed by atoms with Crippen molar-refractivity contribution >= 4 is 15.9 Å². The fourth-order valence-electron chi connectivity index (χ4n) is 3.10. The molecule has 0 aliphatic carbocycles. The van der Waals surface area contributed by atoms with Crippen molar-refractivity contribution in [3.63, 3.8) is 0 Å². The number of rotatable bonds is 8. The molecular weight excluding hydrogens is 487 g/mol. The Morgan fingerprint density at radius 3 is 2.26 bits per heavy atom. The van der Waals surface area contributed by atoms with E-state index >= 15 is 0 Å². The molecule has 0 atom stereocenters. The van der Waals surface area contributed by atoms with Crippen molar-refractivity contribution in [2.45, 2.75) is 13.8 Å². The third kappa shape index (κ3) is 6.27. The van der Waals surface area contributed by atoms with E-state index in [1.165, 1.54) is 19.4 Å². The number of aromatic nitrogens is 2. The number of ether oxygens (including phenoxy) is 2. The van der Waals surface area contributed by atoms with E-state index in [0.717, 1.165) is 18.3 Å². The van der Waals surface area contributed by atoms with Gasteiger partial charge in [-0.05, 0) is 30.2 Å². The molecule has 0 fully saturated rings. The second kappa shape index (κ2) is 10.3. The fourth-order valence-corrected chi connectivity index (χ4v) is 3.55. The standard InChI is InChI=1S/C23H22F3N3O5S/c1-12(2)11-34-23-16(17-6-14(24)10-28-22(17)33-3)5-13(9-27-23)15-7-20(26)18(8-19(15)25)21(30)29-35(4,31)32/h5-10,12H,11H2,1-4H3,(H,29,30). The first-order valence-electron chi connectivity index (χ1n) is 10.2. The van der Waals surface area contributed by atoms with Crippen molar-refractivity contribution in [2.24, 2.45) is 5.92 Å². The first-order valence-corrected chi connectivity index (χ1v) is 12.1. The summed E-state index contributed by atoms with van der Waals surface area (Å²) in [5.74, 6) is -3.87. The SMILES string of the molecule is COc1ncc(F)cc1-c1cc(-c2cc(F)c(C(=O)NS(C)(=O)=O)cc2F)cnc1OCC(C)C. The van der Waals surface area contributed by atoms with E-state index in [4.69, 9.17) is 9.47 Å². The number of amides is 1. The maximum atomic E-state index is 15.0. The lowest BCUT2D eigenvalue weighted by Crippen LogP contribution is -2.30. The number of carbonyl (C=O) groups is 1. The van der Waals surface area contributed by atoms with Gasteiger partial charge in [0.2, 0.25) is 21.8 Å². The molecule has 1 aromatic carbocycles. The Morgan fingerprint density at radius 1 is 0.971 bits per heavy atom. The Labute approximate surface area is 200 Å². The number of nitrogens with zero attached hydrogens (tertiary/aromatic N) is 2. The molecule has 0 aliphatic heterocycles. The van der Waals surface area contributed by atoms with E-state index in [0.29, 0.717) is 12.3 Å². The van der Waals surface area contributed by atoms with Crippen LogP contribution in [0.1, 0.15) is 24.2 Å². The smallest absolute Gasteiger partial charge is 0.267 e. The monoisotopic (exact) mass is 509 g/mol. The van der Waals surface area contributed by atoms with Crippen molar-refractivity contribution in [3.8, 4) is 34.0 Å². The Balaban J connectivity index is 2.15. The van der Waals surface area contributed by atoms with Crippen LogP contribution in [0.4, 0.5) is 13.2 Å². The van der Waals surface area contributed by atoms with Crippen LogP contribution in [0.25, 0.3) is 22.3 Å². The summed E-state index contributed by atoms with van der Waals surface area (Å²) in [4.78, 5) is 20.1. The predicted molar refractivity (Wildman–Crippen MR) is 122 cm³/mol. The largest absolute Gasteiger partial charge is 0.481 e. The topological polar surface area (TPSA) is 107 Å². The molecule has 8 nitrogen and oxygen atoms in total. The van der Waals surface area contributed by atoms with Crippen molar-refractivity contribution < 1.29 is 35.9 Å². The summed E-state index contributed by atoms with van der Waals surface area (Å²) < 4.78 is 78.7. The molecule has 0 unspecified atom stereocenters. The van der Waals surface area contributed by atoms with E-state index in [1.54, 1.807) is 4.72 Å². The molecule has 0 saturated heterocycles. The fraction of sp³-hybridized carbons (Fsp3) is 0.261. The lowest BCUT2D eigenvalue weighted by Gasteiger charge is -2.16. The average molecular weight is 510 g/mol. The Hall–Kier alpha value is -3.67. The summed E-state index contributed by atoms with van der Waals surface area (Å²) in [6, 6.07) is 3.86. The van der Waals surface area contributed by atoms with Gasteiger partial charge in [0, 0.05) is 17.3 Å². The molecule has 0 aliphatic rings. The molecule has 35 heavy (non-hydrogen) atoms. The quantitative estimate of drug-likeness (QED) is 0.490. The molecule has 0 spiro atoms. The average Bonchev–Trinajstić information content (AvgIpc) is 2.77. The molecule has 3 aromatic rings. The highest BCUT2D eigenvalue weighted by molar-refractivity contribution is 7.89. The third-order valence-corrected chi connectivity index (χ3v) is 5.15. The van der Waals surface area contributed by atoms with Gasteiger partial charge in [-0.25, -0.2) is 36.3 Å². The van der Waals surface area contributed by atoms with Gasteiger partial charge in [-0.2, -0.15) is 0 Å². The van der Waals surface area contributed by atoms with Gasteiger partial charge >= 0.3 is 0 Å². The van der Waals surface area contributed by atoms with Crippen LogP contribution < -0.4 is 14.2 Å². The number of benzene rings is 1. The van der Waals surface area contributed by atoms with Crippen LogP contribution in [-0.4, -0.2) is 44.3 Å². The van der Waals surface area contributed by atoms with Crippen LogP contribution in [0.5, 0.6) is 11.8 Å². The van der Waals surface area contributed by atoms with Crippen molar-refractivity contribution in [1.82, 2.24) is 14.7 Å². The number of pyridine rings is 2. The second-order valence-corrected chi connectivity index (χ2v) is 9.76. The van der Waals surface area contributed by atoms with E-state index in [1.807, 2.05) is 13.8 Å². The van der Waals surface area contributed by atoms with Crippen molar-refractivity contribution in [3.05, 3.63) is 59.7 Å². The second-order valence-electron chi connectivity index (χ2n) is 8.01. The van der Waals surface area contributed by atoms with E-state index in [9.17, 15) is 26.4 Å². The predicted octanol–water partition coefficient (Wildman–Crippen LogP) is 3.96. The minimum Gasteiger partial charge on any atom is -0.481 e. The zero-order valence-electron chi connectivity index (χ0n) is 19.2. The summed E-state index contributed by atoms with van der Waals surface area (Å²) >= 11 is 0. The Morgan fingerprint density at radius 2 is 1.63 bits per heavy atom. The molecular formula is C23H22F3N3O5S. The first kappa shape index (κ1) is 25.9. The molecule has 0 saturated carbocycles. The summed E-state index contributed by atoms with van der Waals surface area (Å²) in [7, 11) is -2.65. The minimum absolute atomic E-state index is 0.0548. The molecule has 3 rings (SSSR count). The molecule has 12 heteroatoms. The maximum absolute atomic E-state index is 15.0.